The Bertz CT molecular complexity index is 1840. The van der Waals surface area contributed by atoms with E-state index in [2.05, 4.69) is 133 Å². The third-order valence-corrected chi connectivity index (χ3v) is 7.05. The Labute approximate surface area is 198 Å². The highest BCUT2D eigenvalue weighted by molar-refractivity contribution is 6.21. The summed E-state index contributed by atoms with van der Waals surface area (Å²) in [6, 6.07) is 48.6. The van der Waals surface area contributed by atoms with Crippen LogP contribution in [0.5, 0.6) is 0 Å². The molecular weight excluding hydrogens is 408 g/mol. The molecule has 7 rings (SSSR count). The van der Waals surface area contributed by atoms with Crippen molar-refractivity contribution >= 4 is 43.1 Å². The molecule has 0 nitrogen and oxygen atoms in total. The highest BCUT2D eigenvalue weighted by atomic mass is 14.2. The summed E-state index contributed by atoms with van der Waals surface area (Å²) in [5.74, 6) is 0. The van der Waals surface area contributed by atoms with E-state index in [9.17, 15) is 0 Å². The first-order valence-electron chi connectivity index (χ1n) is 11.8. The molecule has 0 aliphatic carbocycles. The van der Waals surface area contributed by atoms with E-state index in [0.717, 1.165) is 0 Å². The lowest BCUT2D eigenvalue weighted by Gasteiger charge is -2.17. The normalized spacial score (nSPS) is 11.5. The summed E-state index contributed by atoms with van der Waals surface area (Å²) < 4.78 is 0. The number of hydrogen-bond donors (Lipinski definition) is 0. The van der Waals surface area contributed by atoms with Crippen LogP contribution in [0.15, 0.2) is 133 Å². The minimum atomic E-state index is 1.25. The van der Waals surface area contributed by atoms with Crippen LogP contribution in [0.25, 0.3) is 65.3 Å². The van der Waals surface area contributed by atoms with Crippen molar-refractivity contribution in [3.8, 4) is 22.3 Å². The molecule has 7 aromatic carbocycles. The standard InChI is InChI=1S/C34H22/c1-2-10-23(11-3-1)27-16-8-19-32-33(27)22-25-13-5-7-15-28(25)34(32)31-18-9-17-29-26-14-6-4-12-24(26)20-21-30(29)31/h1-22H. The predicted octanol–water partition coefficient (Wildman–Crippen LogP) is 9.63. The van der Waals surface area contributed by atoms with Crippen LogP contribution in [0.4, 0.5) is 0 Å². The van der Waals surface area contributed by atoms with E-state index < -0.39 is 0 Å². The van der Waals surface area contributed by atoms with Crippen molar-refractivity contribution in [2.24, 2.45) is 0 Å². The third-order valence-electron chi connectivity index (χ3n) is 7.05. The van der Waals surface area contributed by atoms with Crippen LogP contribution in [0, 0.1) is 0 Å². The van der Waals surface area contributed by atoms with Gasteiger partial charge in [0.15, 0.2) is 0 Å². The van der Waals surface area contributed by atoms with Crippen molar-refractivity contribution in [3.63, 3.8) is 0 Å². The topological polar surface area (TPSA) is 0 Å². The molecule has 0 amide bonds. The van der Waals surface area contributed by atoms with Gasteiger partial charge in [0, 0.05) is 0 Å². The highest BCUT2D eigenvalue weighted by Gasteiger charge is 2.15. The maximum atomic E-state index is 2.36. The van der Waals surface area contributed by atoms with Crippen molar-refractivity contribution in [1.29, 1.82) is 0 Å². The Balaban J connectivity index is 1.65. The first-order chi connectivity index (χ1) is 16.9. The first kappa shape index (κ1) is 19.1. The van der Waals surface area contributed by atoms with Gasteiger partial charge >= 0.3 is 0 Å². The minimum absolute atomic E-state index is 1.25. The Kier molecular flexibility index (Phi) is 4.25. The Hall–Kier alpha value is -4.42. The summed E-state index contributed by atoms with van der Waals surface area (Å²) in [4.78, 5) is 0. The molecule has 0 saturated carbocycles. The average Bonchev–Trinajstić information content (AvgIpc) is 2.91. The number of fused-ring (bicyclic) bond motifs is 5. The van der Waals surface area contributed by atoms with Gasteiger partial charge in [-0.05, 0) is 71.4 Å². The van der Waals surface area contributed by atoms with Gasteiger partial charge in [-0.25, -0.2) is 0 Å². The molecule has 0 saturated heterocycles. The lowest BCUT2D eigenvalue weighted by molar-refractivity contribution is 1.65. The van der Waals surface area contributed by atoms with E-state index >= 15 is 0 Å². The number of hydrogen-bond acceptors (Lipinski definition) is 0. The van der Waals surface area contributed by atoms with Crippen LogP contribution in [0.3, 0.4) is 0 Å². The molecule has 0 aromatic heterocycles. The van der Waals surface area contributed by atoms with Crippen LogP contribution in [-0.2, 0) is 0 Å². The molecule has 0 aliphatic heterocycles. The number of rotatable bonds is 2. The molecule has 0 spiro atoms. The molecule has 0 bridgehead atoms. The van der Waals surface area contributed by atoms with Crippen molar-refractivity contribution < 1.29 is 0 Å². The zero-order valence-corrected chi connectivity index (χ0v) is 18.7. The summed E-state index contributed by atoms with van der Waals surface area (Å²) in [6.07, 6.45) is 0. The first-order valence-corrected chi connectivity index (χ1v) is 11.8. The molecule has 0 atom stereocenters. The summed E-state index contributed by atoms with van der Waals surface area (Å²) in [6.45, 7) is 0. The molecule has 158 valence electrons. The van der Waals surface area contributed by atoms with Crippen LogP contribution in [0.1, 0.15) is 0 Å². The van der Waals surface area contributed by atoms with Crippen LogP contribution in [-0.4, -0.2) is 0 Å². The van der Waals surface area contributed by atoms with Crippen molar-refractivity contribution in [2.45, 2.75) is 0 Å². The summed E-state index contributed by atoms with van der Waals surface area (Å²) in [5, 5.41) is 10.3. The maximum Gasteiger partial charge on any atom is -0.00204 e. The van der Waals surface area contributed by atoms with E-state index in [1.807, 2.05) is 0 Å². The average molecular weight is 431 g/mol. The smallest absolute Gasteiger partial charge is 0.00204 e. The van der Waals surface area contributed by atoms with Crippen LogP contribution in [0.2, 0.25) is 0 Å². The predicted molar refractivity (Wildman–Crippen MR) is 147 cm³/mol. The SMILES string of the molecule is c1ccc(-c2cccc3c(-c4cccc5c4ccc4ccccc45)c4ccccc4cc23)cc1. The van der Waals surface area contributed by atoms with Gasteiger partial charge in [0.25, 0.3) is 0 Å². The lowest BCUT2D eigenvalue weighted by Crippen LogP contribution is -1.90. The Morgan fingerprint density at radius 1 is 0.294 bits per heavy atom. The van der Waals surface area contributed by atoms with Crippen molar-refractivity contribution in [1.82, 2.24) is 0 Å². The summed E-state index contributed by atoms with van der Waals surface area (Å²) >= 11 is 0. The molecule has 0 heteroatoms. The molecule has 0 radical (unpaired) electrons. The maximum absolute atomic E-state index is 2.36. The van der Waals surface area contributed by atoms with Gasteiger partial charge in [0.1, 0.15) is 0 Å². The molecule has 7 aromatic rings. The van der Waals surface area contributed by atoms with E-state index in [1.165, 1.54) is 65.3 Å². The van der Waals surface area contributed by atoms with Gasteiger partial charge in [0.2, 0.25) is 0 Å². The van der Waals surface area contributed by atoms with Gasteiger partial charge in [-0.1, -0.05) is 127 Å². The van der Waals surface area contributed by atoms with E-state index in [1.54, 1.807) is 0 Å². The monoisotopic (exact) mass is 430 g/mol. The zero-order chi connectivity index (χ0) is 22.5. The van der Waals surface area contributed by atoms with Crippen LogP contribution < -0.4 is 0 Å². The fraction of sp³-hybridized carbons (Fsp3) is 0. The van der Waals surface area contributed by atoms with Gasteiger partial charge in [-0.3, -0.25) is 0 Å². The quantitative estimate of drug-likeness (QED) is 0.189. The van der Waals surface area contributed by atoms with E-state index in [-0.39, 0.29) is 0 Å². The second-order valence-corrected chi connectivity index (χ2v) is 8.93. The minimum Gasteiger partial charge on any atom is -0.0622 e. The van der Waals surface area contributed by atoms with Crippen molar-refractivity contribution in [3.05, 3.63) is 133 Å². The number of benzene rings is 7. The fourth-order valence-corrected chi connectivity index (χ4v) is 5.51. The molecule has 34 heavy (non-hydrogen) atoms. The van der Waals surface area contributed by atoms with Gasteiger partial charge in [-0.15, -0.1) is 0 Å². The van der Waals surface area contributed by atoms with Crippen molar-refractivity contribution in [2.75, 3.05) is 0 Å². The third kappa shape index (κ3) is 2.86. The molecular formula is C34H22. The van der Waals surface area contributed by atoms with Gasteiger partial charge in [0.05, 0.1) is 0 Å². The zero-order valence-electron chi connectivity index (χ0n) is 18.7. The molecule has 0 aliphatic rings. The largest absolute Gasteiger partial charge is 0.0622 e. The molecule has 0 fully saturated rings. The van der Waals surface area contributed by atoms with E-state index in [4.69, 9.17) is 0 Å². The fourth-order valence-electron chi connectivity index (χ4n) is 5.51. The second kappa shape index (κ2) is 7.57. The summed E-state index contributed by atoms with van der Waals surface area (Å²) in [5.41, 5.74) is 5.12. The van der Waals surface area contributed by atoms with E-state index in [0.29, 0.717) is 0 Å². The highest BCUT2D eigenvalue weighted by Crippen LogP contribution is 2.43. The second-order valence-electron chi connectivity index (χ2n) is 8.93. The van der Waals surface area contributed by atoms with Crippen LogP contribution >= 0.6 is 0 Å². The summed E-state index contributed by atoms with van der Waals surface area (Å²) in [7, 11) is 0. The lowest BCUT2D eigenvalue weighted by atomic mass is 9.86. The van der Waals surface area contributed by atoms with Gasteiger partial charge < -0.3 is 0 Å². The Morgan fingerprint density at radius 3 is 1.79 bits per heavy atom. The molecule has 0 unspecified atom stereocenters. The van der Waals surface area contributed by atoms with Gasteiger partial charge in [-0.2, -0.15) is 0 Å². The molecule has 0 heterocycles. The Morgan fingerprint density at radius 2 is 0.941 bits per heavy atom. The molecule has 0 N–H and O–H groups in total.